The van der Waals surface area contributed by atoms with Crippen molar-refractivity contribution >= 4 is 27.0 Å². The van der Waals surface area contributed by atoms with E-state index in [9.17, 15) is 0 Å². The molecule has 0 saturated heterocycles. The van der Waals surface area contributed by atoms with E-state index in [1.54, 1.807) is 0 Å². The Morgan fingerprint density at radius 1 is 1.15 bits per heavy atom. The molecule has 0 amide bonds. The van der Waals surface area contributed by atoms with Crippen molar-refractivity contribution in [2.75, 3.05) is 6.61 Å². The predicted molar refractivity (Wildman–Crippen MR) is 109 cm³/mol. The maximum Gasteiger partial charge on any atom is 0.297 e. The molecule has 5 nitrogen and oxygen atoms in total. The Bertz CT molecular complexity index is 1080. The summed E-state index contributed by atoms with van der Waals surface area (Å²) in [6.45, 7) is 7.09. The van der Waals surface area contributed by atoms with Crippen LogP contribution in [0.3, 0.4) is 0 Å². The summed E-state index contributed by atoms with van der Waals surface area (Å²) < 4.78 is 14.2. The van der Waals surface area contributed by atoms with Crippen LogP contribution in [-0.4, -0.2) is 21.3 Å². The van der Waals surface area contributed by atoms with Crippen LogP contribution in [0.1, 0.15) is 23.9 Å². The molecule has 4 aromatic rings. The molecular weight excluding hydrogens is 406 g/mol. The number of aromatic nitrogens is 3. The third kappa shape index (κ3) is 3.25. The van der Waals surface area contributed by atoms with Crippen LogP contribution < -0.4 is 4.74 Å². The van der Waals surface area contributed by atoms with E-state index in [-0.39, 0.29) is 0 Å². The van der Waals surface area contributed by atoms with Crippen LogP contribution in [0.2, 0.25) is 0 Å². The molecule has 0 saturated carbocycles. The van der Waals surface area contributed by atoms with Gasteiger partial charge in [-0.05, 0) is 60.0 Å². The molecule has 0 bridgehead atoms. The van der Waals surface area contributed by atoms with Gasteiger partial charge in [-0.3, -0.25) is 4.57 Å². The molecule has 0 aliphatic rings. The van der Waals surface area contributed by atoms with Gasteiger partial charge in [-0.1, -0.05) is 35.5 Å². The fourth-order valence-corrected chi connectivity index (χ4v) is 4.05. The lowest BCUT2D eigenvalue weighted by Crippen LogP contribution is -2.05. The summed E-state index contributed by atoms with van der Waals surface area (Å²) in [5.74, 6) is 0.799. The molecule has 6 heteroatoms. The Hall–Kier alpha value is -2.60. The van der Waals surface area contributed by atoms with E-state index in [1.807, 2.05) is 39.0 Å². The molecule has 0 aliphatic carbocycles. The standard InChI is InChI=1S/C21H20BrN3O2/c1-4-26-21-23-18-11-16(19-13(2)24-27-14(19)3)10-17(22)20(18)25(21)12-15-8-6-5-7-9-15/h5-11H,4,12H2,1-3H3. The average molecular weight is 426 g/mol. The van der Waals surface area contributed by atoms with Gasteiger partial charge in [-0.25, -0.2) is 0 Å². The lowest BCUT2D eigenvalue weighted by Gasteiger charge is -2.10. The maximum atomic E-state index is 5.83. The molecule has 2 aromatic heterocycles. The van der Waals surface area contributed by atoms with Crippen molar-refractivity contribution < 1.29 is 9.26 Å². The second kappa shape index (κ2) is 7.19. The smallest absolute Gasteiger partial charge is 0.297 e. The van der Waals surface area contributed by atoms with Crippen molar-refractivity contribution in [1.82, 2.24) is 14.7 Å². The number of benzene rings is 2. The summed E-state index contributed by atoms with van der Waals surface area (Å²) in [4.78, 5) is 4.75. The zero-order valence-corrected chi connectivity index (χ0v) is 17.1. The molecule has 4 rings (SSSR count). The van der Waals surface area contributed by atoms with Crippen molar-refractivity contribution in [3.05, 3.63) is 64.0 Å². The van der Waals surface area contributed by atoms with Gasteiger partial charge in [0.1, 0.15) is 5.76 Å². The Labute approximate surface area is 166 Å². The molecule has 0 N–H and O–H groups in total. The lowest BCUT2D eigenvalue weighted by atomic mass is 10.0. The number of rotatable bonds is 5. The zero-order valence-electron chi connectivity index (χ0n) is 15.5. The highest BCUT2D eigenvalue weighted by molar-refractivity contribution is 9.10. The molecule has 138 valence electrons. The Kier molecular flexibility index (Phi) is 4.74. The summed E-state index contributed by atoms with van der Waals surface area (Å²) in [7, 11) is 0. The van der Waals surface area contributed by atoms with Gasteiger partial charge in [0.15, 0.2) is 0 Å². The minimum atomic E-state index is 0.562. The highest BCUT2D eigenvalue weighted by Crippen LogP contribution is 2.36. The third-order valence-electron chi connectivity index (χ3n) is 4.54. The number of ether oxygens (including phenoxy) is 1. The third-order valence-corrected chi connectivity index (χ3v) is 5.14. The first kappa shape index (κ1) is 17.8. The number of hydrogen-bond acceptors (Lipinski definition) is 4. The summed E-state index contributed by atoms with van der Waals surface area (Å²) >= 11 is 3.74. The highest BCUT2D eigenvalue weighted by atomic mass is 79.9. The first-order valence-electron chi connectivity index (χ1n) is 8.88. The minimum Gasteiger partial charge on any atom is -0.465 e. The Morgan fingerprint density at radius 2 is 1.93 bits per heavy atom. The average Bonchev–Trinajstić information content (AvgIpc) is 3.16. The van der Waals surface area contributed by atoms with Crippen LogP contribution >= 0.6 is 15.9 Å². The molecule has 0 unspecified atom stereocenters. The second-order valence-electron chi connectivity index (χ2n) is 6.42. The SMILES string of the molecule is CCOc1nc2cc(-c3c(C)noc3C)cc(Br)c2n1Cc1ccccc1. The quantitative estimate of drug-likeness (QED) is 0.422. The van der Waals surface area contributed by atoms with Gasteiger partial charge in [0.05, 0.1) is 29.9 Å². The van der Waals surface area contributed by atoms with Gasteiger partial charge < -0.3 is 9.26 Å². The molecular formula is C21H20BrN3O2. The molecule has 0 fully saturated rings. The van der Waals surface area contributed by atoms with Crippen molar-refractivity contribution in [2.45, 2.75) is 27.3 Å². The van der Waals surface area contributed by atoms with Gasteiger partial charge in [0.2, 0.25) is 0 Å². The van der Waals surface area contributed by atoms with E-state index in [0.717, 1.165) is 38.1 Å². The van der Waals surface area contributed by atoms with E-state index >= 15 is 0 Å². The van der Waals surface area contributed by atoms with Crippen molar-refractivity contribution in [3.63, 3.8) is 0 Å². The maximum absolute atomic E-state index is 5.83. The largest absolute Gasteiger partial charge is 0.465 e. The van der Waals surface area contributed by atoms with E-state index in [4.69, 9.17) is 14.2 Å². The Balaban J connectivity index is 1.89. The normalized spacial score (nSPS) is 11.3. The summed E-state index contributed by atoms with van der Waals surface area (Å²) in [6.07, 6.45) is 0. The summed E-state index contributed by atoms with van der Waals surface area (Å²) in [6, 6.07) is 15.1. The summed E-state index contributed by atoms with van der Waals surface area (Å²) in [5, 5.41) is 4.07. The van der Waals surface area contributed by atoms with Crippen molar-refractivity contribution in [2.24, 2.45) is 0 Å². The first-order valence-corrected chi connectivity index (χ1v) is 9.67. The molecule has 0 atom stereocenters. The van der Waals surface area contributed by atoms with Gasteiger partial charge >= 0.3 is 0 Å². The molecule has 2 heterocycles. The number of halogens is 1. The van der Waals surface area contributed by atoms with E-state index in [0.29, 0.717) is 19.2 Å². The number of imidazole rings is 1. The van der Waals surface area contributed by atoms with E-state index < -0.39 is 0 Å². The van der Waals surface area contributed by atoms with E-state index in [2.05, 4.69) is 49.9 Å². The zero-order chi connectivity index (χ0) is 19.0. The minimum absolute atomic E-state index is 0.562. The van der Waals surface area contributed by atoms with Gasteiger partial charge in [0.25, 0.3) is 6.01 Å². The van der Waals surface area contributed by atoms with Crippen LogP contribution in [0.4, 0.5) is 0 Å². The van der Waals surface area contributed by atoms with Gasteiger partial charge in [0, 0.05) is 10.0 Å². The van der Waals surface area contributed by atoms with Gasteiger partial charge in [-0.15, -0.1) is 0 Å². The highest BCUT2D eigenvalue weighted by Gasteiger charge is 2.19. The van der Waals surface area contributed by atoms with Crippen LogP contribution in [0.5, 0.6) is 6.01 Å². The molecule has 0 aliphatic heterocycles. The second-order valence-corrected chi connectivity index (χ2v) is 7.28. The molecule has 0 spiro atoms. The van der Waals surface area contributed by atoms with E-state index in [1.165, 1.54) is 5.56 Å². The number of fused-ring (bicyclic) bond motifs is 1. The number of aryl methyl sites for hydroxylation is 2. The van der Waals surface area contributed by atoms with Crippen LogP contribution in [0.25, 0.3) is 22.2 Å². The number of nitrogens with zero attached hydrogens (tertiary/aromatic N) is 3. The van der Waals surface area contributed by atoms with Crippen molar-refractivity contribution in [1.29, 1.82) is 0 Å². The van der Waals surface area contributed by atoms with Crippen LogP contribution in [-0.2, 0) is 6.54 Å². The monoisotopic (exact) mass is 425 g/mol. The van der Waals surface area contributed by atoms with Gasteiger partial charge in [-0.2, -0.15) is 4.98 Å². The summed E-state index contributed by atoms with van der Waals surface area (Å²) in [5.41, 5.74) is 5.98. The predicted octanol–water partition coefficient (Wildman–Crippen LogP) is 5.52. The molecule has 0 radical (unpaired) electrons. The number of hydrogen-bond donors (Lipinski definition) is 0. The molecule has 27 heavy (non-hydrogen) atoms. The van der Waals surface area contributed by atoms with Crippen LogP contribution in [0.15, 0.2) is 51.5 Å². The molecule has 2 aromatic carbocycles. The lowest BCUT2D eigenvalue weighted by molar-refractivity contribution is 0.301. The fourth-order valence-electron chi connectivity index (χ4n) is 3.39. The van der Waals surface area contributed by atoms with Crippen LogP contribution in [0, 0.1) is 13.8 Å². The topological polar surface area (TPSA) is 53.1 Å². The van der Waals surface area contributed by atoms with Crippen molar-refractivity contribution in [3.8, 4) is 17.1 Å². The fraction of sp³-hybridized carbons (Fsp3) is 0.238. The Morgan fingerprint density at radius 3 is 2.59 bits per heavy atom. The first-order chi connectivity index (χ1) is 13.1.